The van der Waals surface area contributed by atoms with Gasteiger partial charge in [-0.2, -0.15) is 13.2 Å². The first-order chi connectivity index (χ1) is 9.32. The van der Waals surface area contributed by atoms with Crippen LogP contribution < -0.4 is 0 Å². The molecule has 3 nitrogen and oxygen atoms in total. The van der Waals surface area contributed by atoms with Crippen molar-refractivity contribution < 1.29 is 23.1 Å². The summed E-state index contributed by atoms with van der Waals surface area (Å²) in [5.41, 5.74) is -3.33. The monoisotopic (exact) mass is 305 g/mol. The zero-order chi connectivity index (χ0) is 14.8. The standard InChI is InChI=1S/C13H14F3NO2S/c14-13(15,16)20-11-3-1-9(2-4-11)6-17-7-10(8-17)5-12(18)19/h1-4,10H,5-8H2,(H,18,19). The lowest BCUT2D eigenvalue weighted by Crippen LogP contribution is -2.46. The van der Waals surface area contributed by atoms with Crippen LogP contribution in [0.15, 0.2) is 29.2 Å². The maximum atomic E-state index is 12.2. The van der Waals surface area contributed by atoms with Crippen LogP contribution in [0.3, 0.4) is 0 Å². The summed E-state index contributed by atoms with van der Waals surface area (Å²) in [6.07, 6.45) is 0.178. The fraction of sp³-hybridized carbons (Fsp3) is 0.462. The van der Waals surface area contributed by atoms with E-state index >= 15 is 0 Å². The van der Waals surface area contributed by atoms with Gasteiger partial charge in [0.2, 0.25) is 0 Å². The molecule has 0 aromatic heterocycles. The second-order valence-corrected chi connectivity index (χ2v) is 5.99. The van der Waals surface area contributed by atoms with Crippen LogP contribution in [0.25, 0.3) is 0 Å². The van der Waals surface area contributed by atoms with Crippen molar-refractivity contribution in [3.05, 3.63) is 29.8 Å². The number of aliphatic carboxylic acids is 1. The number of hydrogen-bond donors (Lipinski definition) is 1. The van der Waals surface area contributed by atoms with Gasteiger partial charge in [0.05, 0.1) is 6.42 Å². The Morgan fingerprint density at radius 1 is 1.30 bits per heavy atom. The Kier molecular flexibility index (Phi) is 4.59. The fourth-order valence-electron chi connectivity index (χ4n) is 2.24. The lowest BCUT2D eigenvalue weighted by atomic mass is 9.96. The molecule has 0 saturated carbocycles. The average molecular weight is 305 g/mol. The number of likely N-dealkylation sites (tertiary alicyclic amines) is 1. The molecule has 0 atom stereocenters. The summed E-state index contributed by atoms with van der Waals surface area (Å²) < 4.78 is 36.5. The fourth-order valence-corrected chi connectivity index (χ4v) is 2.78. The van der Waals surface area contributed by atoms with Gasteiger partial charge in [-0.3, -0.25) is 9.69 Å². The van der Waals surface area contributed by atoms with Crippen LogP contribution in [0.5, 0.6) is 0 Å². The second kappa shape index (κ2) is 6.05. The summed E-state index contributed by atoms with van der Waals surface area (Å²) in [7, 11) is 0. The number of rotatable bonds is 5. The van der Waals surface area contributed by atoms with Gasteiger partial charge in [0.25, 0.3) is 0 Å². The summed E-state index contributed by atoms with van der Waals surface area (Å²) in [5.74, 6) is -0.601. The molecule has 1 aliphatic rings. The topological polar surface area (TPSA) is 40.5 Å². The zero-order valence-corrected chi connectivity index (χ0v) is 11.4. The first-order valence-electron chi connectivity index (χ1n) is 6.10. The van der Waals surface area contributed by atoms with Crippen molar-refractivity contribution >= 4 is 17.7 Å². The minimum atomic E-state index is -4.26. The first kappa shape index (κ1) is 15.2. The van der Waals surface area contributed by atoms with Crippen molar-refractivity contribution in [3.63, 3.8) is 0 Å². The Morgan fingerprint density at radius 2 is 1.90 bits per heavy atom. The first-order valence-corrected chi connectivity index (χ1v) is 6.92. The molecule has 1 aromatic rings. The van der Waals surface area contributed by atoms with Crippen molar-refractivity contribution in [2.75, 3.05) is 13.1 Å². The maximum Gasteiger partial charge on any atom is 0.446 e. The van der Waals surface area contributed by atoms with E-state index in [0.717, 1.165) is 18.7 Å². The number of carbonyl (C=O) groups is 1. The molecule has 20 heavy (non-hydrogen) atoms. The highest BCUT2D eigenvalue weighted by atomic mass is 32.2. The lowest BCUT2D eigenvalue weighted by molar-refractivity contribution is -0.139. The largest absolute Gasteiger partial charge is 0.481 e. The van der Waals surface area contributed by atoms with Gasteiger partial charge in [0, 0.05) is 24.5 Å². The van der Waals surface area contributed by atoms with Gasteiger partial charge >= 0.3 is 11.5 Å². The molecule has 1 saturated heterocycles. The third-order valence-electron chi connectivity index (χ3n) is 3.06. The Morgan fingerprint density at radius 3 is 2.40 bits per heavy atom. The lowest BCUT2D eigenvalue weighted by Gasteiger charge is -2.38. The predicted octanol–water partition coefficient (Wildman–Crippen LogP) is 3.21. The second-order valence-electron chi connectivity index (χ2n) is 4.85. The molecule has 7 heteroatoms. The minimum absolute atomic E-state index is 0.124. The molecule has 110 valence electrons. The number of halogens is 3. The normalized spacial score (nSPS) is 16.9. The van der Waals surface area contributed by atoms with Crippen molar-refractivity contribution in [2.24, 2.45) is 5.92 Å². The molecule has 1 N–H and O–H groups in total. The highest BCUT2D eigenvalue weighted by Gasteiger charge is 2.30. The molecule has 0 unspecified atom stereocenters. The molecule has 1 aliphatic heterocycles. The highest BCUT2D eigenvalue weighted by Crippen LogP contribution is 2.36. The SMILES string of the molecule is O=C(O)CC1CN(Cc2ccc(SC(F)(F)F)cc2)C1. The van der Waals surface area contributed by atoms with Gasteiger partial charge in [-0.05, 0) is 35.4 Å². The molecule has 1 fully saturated rings. The molecular formula is C13H14F3NO2S. The van der Waals surface area contributed by atoms with Gasteiger partial charge < -0.3 is 5.11 Å². The van der Waals surface area contributed by atoms with Crippen LogP contribution in [0.2, 0.25) is 0 Å². The van der Waals surface area contributed by atoms with E-state index in [1.807, 2.05) is 0 Å². The van der Waals surface area contributed by atoms with Gasteiger partial charge in [-0.25, -0.2) is 0 Å². The van der Waals surface area contributed by atoms with E-state index in [-0.39, 0.29) is 29.0 Å². The van der Waals surface area contributed by atoms with Crippen molar-refractivity contribution in [3.8, 4) is 0 Å². The van der Waals surface area contributed by atoms with Gasteiger partial charge in [-0.15, -0.1) is 0 Å². The van der Waals surface area contributed by atoms with E-state index in [9.17, 15) is 18.0 Å². The Labute approximate surface area is 118 Å². The van der Waals surface area contributed by atoms with Crippen molar-refractivity contribution in [1.82, 2.24) is 4.90 Å². The van der Waals surface area contributed by atoms with Crippen LogP contribution in [-0.2, 0) is 11.3 Å². The van der Waals surface area contributed by atoms with Crippen molar-refractivity contribution in [1.29, 1.82) is 0 Å². The van der Waals surface area contributed by atoms with E-state index < -0.39 is 11.5 Å². The molecule has 2 rings (SSSR count). The highest BCUT2D eigenvalue weighted by molar-refractivity contribution is 8.00. The van der Waals surface area contributed by atoms with E-state index in [2.05, 4.69) is 4.90 Å². The molecule has 0 amide bonds. The van der Waals surface area contributed by atoms with E-state index in [4.69, 9.17) is 5.11 Å². The molecule has 0 aliphatic carbocycles. The Bertz CT molecular complexity index is 469. The molecule has 0 spiro atoms. The minimum Gasteiger partial charge on any atom is -0.481 e. The van der Waals surface area contributed by atoms with Crippen LogP contribution in [-0.4, -0.2) is 34.6 Å². The third kappa shape index (κ3) is 4.72. The van der Waals surface area contributed by atoms with Gasteiger partial charge in [0.1, 0.15) is 0 Å². The number of carboxylic acids is 1. The smallest absolute Gasteiger partial charge is 0.446 e. The number of nitrogens with zero attached hydrogens (tertiary/aromatic N) is 1. The van der Waals surface area contributed by atoms with Crippen molar-refractivity contribution in [2.45, 2.75) is 23.4 Å². The van der Waals surface area contributed by atoms with E-state index in [1.54, 1.807) is 12.1 Å². The molecule has 1 aromatic carbocycles. The molecule has 0 bridgehead atoms. The number of thioether (sulfide) groups is 1. The van der Waals surface area contributed by atoms with Gasteiger partial charge in [0.15, 0.2) is 0 Å². The predicted molar refractivity (Wildman–Crippen MR) is 69.4 cm³/mol. The molecule has 1 heterocycles. The van der Waals surface area contributed by atoms with E-state index in [0.29, 0.717) is 6.54 Å². The number of carboxylic acid groups (broad SMARTS) is 1. The summed E-state index contributed by atoms with van der Waals surface area (Å²) in [6, 6.07) is 6.28. The zero-order valence-electron chi connectivity index (χ0n) is 10.6. The Balaban J connectivity index is 1.79. The number of benzene rings is 1. The van der Waals surface area contributed by atoms with Crippen LogP contribution in [0.4, 0.5) is 13.2 Å². The van der Waals surface area contributed by atoms with Crippen LogP contribution in [0.1, 0.15) is 12.0 Å². The Hall–Kier alpha value is -1.21. The maximum absolute atomic E-state index is 12.2. The van der Waals surface area contributed by atoms with Crippen LogP contribution in [0, 0.1) is 5.92 Å². The molecule has 0 radical (unpaired) electrons. The van der Waals surface area contributed by atoms with Gasteiger partial charge in [-0.1, -0.05) is 12.1 Å². The van der Waals surface area contributed by atoms with E-state index in [1.165, 1.54) is 12.1 Å². The summed E-state index contributed by atoms with van der Waals surface area (Å²) in [6.45, 7) is 2.10. The summed E-state index contributed by atoms with van der Waals surface area (Å²) >= 11 is -0.124. The third-order valence-corrected chi connectivity index (χ3v) is 3.80. The number of alkyl halides is 3. The quantitative estimate of drug-likeness (QED) is 0.848. The molecular weight excluding hydrogens is 291 g/mol. The van der Waals surface area contributed by atoms with Crippen LogP contribution >= 0.6 is 11.8 Å². The summed E-state index contributed by atoms with van der Waals surface area (Å²) in [5, 5.41) is 8.64. The average Bonchev–Trinajstić information content (AvgIpc) is 2.26. The summed E-state index contributed by atoms with van der Waals surface area (Å²) in [4.78, 5) is 12.8. The number of hydrogen-bond acceptors (Lipinski definition) is 3.